The topological polar surface area (TPSA) is 75.8 Å². The van der Waals surface area contributed by atoms with Gasteiger partial charge in [0, 0.05) is 70.9 Å². The Kier molecular flexibility index (Phi) is 7.27. The molecule has 8 nitrogen and oxygen atoms in total. The van der Waals surface area contributed by atoms with Crippen LogP contribution in [0.1, 0.15) is 26.0 Å². The van der Waals surface area contributed by atoms with Crippen LogP contribution in [0.4, 0.5) is 16.0 Å². The van der Waals surface area contributed by atoms with E-state index in [1.54, 1.807) is 12.1 Å². The number of halogens is 1. The number of H-pyrrole nitrogens is 1. The predicted molar refractivity (Wildman–Crippen MR) is 127 cm³/mol. The number of hydrogen-bond donors (Lipinski definition) is 1. The van der Waals surface area contributed by atoms with Crippen LogP contribution in [0, 0.1) is 11.7 Å². The highest BCUT2D eigenvalue weighted by Gasteiger charge is 2.23. The fourth-order valence-electron chi connectivity index (χ4n) is 4.52. The zero-order valence-electron chi connectivity index (χ0n) is 19.5. The monoisotopic (exact) mass is 456 g/mol. The van der Waals surface area contributed by atoms with Gasteiger partial charge in [-0.3, -0.25) is 19.5 Å². The first-order valence-electron chi connectivity index (χ1n) is 11.8. The average Bonchev–Trinajstić information content (AvgIpc) is 3.05. The minimum absolute atomic E-state index is 0.0170. The number of nitrogens with one attached hydrogen (secondary N) is 1. The van der Waals surface area contributed by atoms with Crippen molar-refractivity contribution < 1.29 is 9.18 Å². The molecule has 2 saturated heterocycles. The number of aromatic nitrogens is 2. The molecule has 0 aliphatic carbocycles. The molecule has 1 N–H and O–H groups in total. The highest BCUT2D eigenvalue weighted by Crippen LogP contribution is 2.21. The van der Waals surface area contributed by atoms with Gasteiger partial charge in [-0.1, -0.05) is 26.0 Å². The predicted octanol–water partition coefficient (Wildman–Crippen LogP) is 1.93. The van der Waals surface area contributed by atoms with Crippen molar-refractivity contribution >= 4 is 17.5 Å². The number of hydrogen-bond acceptors (Lipinski definition) is 6. The first-order chi connectivity index (χ1) is 15.9. The number of amides is 1. The molecule has 2 aliphatic heterocycles. The third-order valence-corrected chi connectivity index (χ3v) is 6.33. The SMILES string of the molecule is CC(C)C(=O)N1CCCN(c2nc(CN3CCN(c4ccccc4F)CC3)cc(=O)[nH]2)CC1. The number of aromatic amines is 1. The fourth-order valence-corrected chi connectivity index (χ4v) is 4.52. The van der Waals surface area contributed by atoms with E-state index in [0.29, 0.717) is 31.3 Å². The number of piperazine rings is 1. The van der Waals surface area contributed by atoms with Crippen LogP contribution in [-0.2, 0) is 11.3 Å². The normalized spacial score (nSPS) is 18.0. The number of nitrogens with zero attached hydrogens (tertiary/aromatic N) is 5. The largest absolute Gasteiger partial charge is 0.367 e. The maximum Gasteiger partial charge on any atom is 0.252 e. The smallest absolute Gasteiger partial charge is 0.252 e. The lowest BCUT2D eigenvalue weighted by atomic mass is 10.2. The Labute approximate surface area is 194 Å². The molecule has 33 heavy (non-hydrogen) atoms. The summed E-state index contributed by atoms with van der Waals surface area (Å²) < 4.78 is 14.1. The van der Waals surface area contributed by atoms with Crippen LogP contribution in [-0.4, -0.2) is 78.0 Å². The Morgan fingerprint density at radius 3 is 2.48 bits per heavy atom. The van der Waals surface area contributed by atoms with Crippen molar-refractivity contribution in [3.8, 4) is 0 Å². The van der Waals surface area contributed by atoms with Crippen LogP contribution in [0.2, 0.25) is 0 Å². The lowest BCUT2D eigenvalue weighted by Gasteiger charge is -2.36. The van der Waals surface area contributed by atoms with E-state index in [0.717, 1.165) is 51.4 Å². The van der Waals surface area contributed by atoms with Crippen molar-refractivity contribution in [2.45, 2.75) is 26.8 Å². The maximum absolute atomic E-state index is 14.1. The first-order valence-corrected chi connectivity index (χ1v) is 11.8. The van der Waals surface area contributed by atoms with Crippen LogP contribution < -0.4 is 15.4 Å². The Balaban J connectivity index is 1.38. The maximum atomic E-state index is 14.1. The summed E-state index contributed by atoms with van der Waals surface area (Å²) >= 11 is 0. The van der Waals surface area contributed by atoms with Gasteiger partial charge in [0.05, 0.1) is 11.4 Å². The number of para-hydroxylation sites is 1. The molecule has 0 saturated carbocycles. The molecule has 0 radical (unpaired) electrons. The van der Waals surface area contributed by atoms with Gasteiger partial charge >= 0.3 is 0 Å². The molecule has 0 unspecified atom stereocenters. The molecule has 2 aliphatic rings. The van der Waals surface area contributed by atoms with Gasteiger partial charge < -0.3 is 14.7 Å². The number of benzene rings is 1. The molecule has 1 aromatic carbocycles. The molecule has 0 atom stereocenters. The van der Waals surface area contributed by atoms with E-state index < -0.39 is 0 Å². The highest BCUT2D eigenvalue weighted by molar-refractivity contribution is 5.78. The lowest BCUT2D eigenvalue weighted by molar-refractivity contribution is -0.134. The van der Waals surface area contributed by atoms with E-state index in [1.807, 2.05) is 30.9 Å². The summed E-state index contributed by atoms with van der Waals surface area (Å²) in [5.41, 5.74) is 1.20. The summed E-state index contributed by atoms with van der Waals surface area (Å²) in [6.45, 7) is 10.2. The van der Waals surface area contributed by atoms with Gasteiger partial charge in [-0.15, -0.1) is 0 Å². The molecular formula is C24H33FN6O2. The second kappa shape index (κ2) is 10.3. The van der Waals surface area contributed by atoms with E-state index >= 15 is 0 Å². The van der Waals surface area contributed by atoms with Crippen LogP contribution in [0.25, 0.3) is 0 Å². The molecule has 4 rings (SSSR count). The molecule has 178 valence electrons. The van der Waals surface area contributed by atoms with Crippen molar-refractivity contribution in [1.29, 1.82) is 0 Å². The van der Waals surface area contributed by atoms with Crippen LogP contribution in [0.5, 0.6) is 0 Å². The van der Waals surface area contributed by atoms with Gasteiger partial charge in [0.2, 0.25) is 11.9 Å². The number of carbonyl (C=O) groups is 1. The molecule has 9 heteroatoms. The zero-order valence-corrected chi connectivity index (χ0v) is 19.5. The Morgan fingerprint density at radius 2 is 1.76 bits per heavy atom. The summed E-state index contributed by atoms with van der Waals surface area (Å²) in [6.07, 6.45) is 0.838. The van der Waals surface area contributed by atoms with E-state index in [-0.39, 0.29) is 23.2 Å². The van der Waals surface area contributed by atoms with Crippen LogP contribution >= 0.6 is 0 Å². The molecule has 1 aromatic heterocycles. The van der Waals surface area contributed by atoms with Crippen molar-refractivity contribution in [2.75, 3.05) is 62.2 Å². The third kappa shape index (κ3) is 5.71. The Hall–Kier alpha value is -2.94. The summed E-state index contributed by atoms with van der Waals surface area (Å²) in [5.74, 6) is 0.526. The molecule has 2 aromatic rings. The van der Waals surface area contributed by atoms with E-state index in [9.17, 15) is 14.0 Å². The molecule has 3 heterocycles. The standard InChI is InChI=1S/C24H33FN6O2/c1-18(2)23(33)30-8-5-9-31(15-14-30)24-26-19(16-22(32)27-24)17-28-10-12-29(13-11-28)21-7-4-3-6-20(21)25/h3-4,6-7,16,18H,5,8-15,17H2,1-2H3,(H,26,27,32). The molecule has 0 bridgehead atoms. The summed E-state index contributed by atoms with van der Waals surface area (Å²) in [5, 5.41) is 0. The highest BCUT2D eigenvalue weighted by atomic mass is 19.1. The minimum atomic E-state index is -0.196. The van der Waals surface area contributed by atoms with E-state index in [1.165, 1.54) is 6.07 Å². The van der Waals surface area contributed by atoms with Gasteiger partial charge in [0.15, 0.2) is 0 Å². The molecule has 0 spiro atoms. The minimum Gasteiger partial charge on any atom is -0.367 e. The summed E-state index contributed by atoms with van der Waals surface area (Å²) in [7, 11) is 0. The number of rotatable bonds is 5. The van der Waals surface area contributed by atoms with Gasteiger partial charge in [0.1, 0.15) is 5.82 Å². The summed E-state index contributed by atoms with van der Waals surface area (Å²) in [4.78, 5) is 40.6. The second-order valence-electron chi connectivity index (χ2n) is 9.10. The van der Waals surface area contributed by atoms with Gasteiger partial charge in [-0.05, 0) is 18.6 Å². The molecule has 2 fully saturated rings. The first kappa shape index (κ1) is 23.2. The van der Waals surface area contributed by atoms with Crippen molar-refractivity contribution in [3.05, 3.63) is 52.2 Å². The lowest BCUT2D eigenvalue weighted by Crippen LogP contribution is -2.46. The third-order valence-electron chi connectivity index (χ3n) is 6.33. The zero-order chi connectivity index (χ0) is 23.4. The fraction of sp³-hybridized carbons (Fsp3) is 0.542. The average molecular weight is 457 g/mol. The number of carbonyl (C=O) groups excluding carboxylic acids is 1. The van der Waals surface area contributed by atoms with Gasteiger partial charge in [-0.25, -0.2) is 9.37 Å². The Morgan fingerprint density at radius 1 is 1.03 bits per heavy atom. The van der Waals surface area contributed by atoms with Crippen LogP contribution in [0.15, 0.2) is 35.1 Å². The second-order valence-corrected chi connectivity index (χ2v) is 9.10. The van der Waals surface area contributed by atoms with Crippen LogP contribution in [0.3, 0.4) is 0 Å². The molecular weight excluding hydrogens is 423 g/mol. The number of anilines is 2. The summed E-state index contributed by atoms with van der Waals surface area (Å²) in [6, 6.07) is 8.42. The van der Waals surface area contributed by atoms with Gasteiger partial charge in [0.25, 0.3) is 5.56 Å². The van der Waals surface area contributed by atoms with Crippen molar-refractivity contribution in [3.63, 3.8) is 0 Å². The van der Waals surface area contributed by atoms with E-state index in [4.69, 9.17) is 4.98 Å². The van der Waals surface area contributed by atoms with Gasteiger partial charge in [-0.2, -0.15) is 0 Å². The molecule has 1 amide bonds. The van der Waals surface area contributed by atoms with Crippen molar-refractivity contribution in [1.82, 2.24) is 19.8 Å². The quantitative estimate of drug-likeness (QED) is 0.741. The van der Waals surface area contributed by atoms with E-state index in [2.05, 4.69) is 19.7 Å². The Bertz CT molecular complexity index is 1020. The van der Waals surface area contributed by atoms with Crippen molar-refractivity contribution in [2.24, 2.45) is 5.92 Å².